The van der Waals surface area contributed by atoms with Crippen LogP contribution in [0.1, 0.15) is 133 Å². The molecule has 3 aromatic heterocycles. The number of fused-ring (bicyclic) bond motifs is 2. The van der Waals surface area contributed by atoms with Gasteiger partial charge in [-0.3, -0.25) is 9.80 Å². The van der Waals surface area contributed by atoms with E-state index >= 15 is 0 Å². The van der Waals surface area contributed by atoms with E-state index in [1.54, 1.807) is 30.3 Å². The summed E-state index contributed by atoms with van der Waals surface area (Å²) in [6.45, 7) is 11.5. The van der Waals surface area contributed by atoms with Crippen molar-refractivity contribution in [2.24, 2.45) is 0 Å². The van der Waals surface area contributed by atoms with Crippen molar-refractivity contribution in [3.05, 3.63) is 131 Å². The van der Waals surface area contributed by atoms with Crippen LogP contribution in [0.3, 0.4) is 0 Å². The lowest BCUT2D eigenvalue weighted by Crippen LogP contribution is -2.32. The van der Waals surface area contributed by atoms with E-state index in [0.717, 1.165) is 107 Å². The Hall–Kier alpha value is -4.99. The van der Waals surface area contributed by atoms with Gasteiger partial charge in [-0.15, -0.1) is 0 Å². The lowest BCUT2D eigenvalue weighted by atomic mass is 9.89. The molecule has 3 aromatic carbocycles. The first-order valence-corrected chi connectivity index (χ1v) is 22.1. The number of hydrogen-bond donors (Lipinski definition) is 0. The number of likely N-dealkylation sites (tertiary alicyclic amines) is 2. The molecule has 2 aliphatic rings. The SMILES string of the molecule is CCCCCn1cc(C2CCN(Cc3cccc(C(=O)OC(=O)c4ccc(CN5CCC(c6cn(CCCCC)c7cc(F)ccc67)CC5)o4)c3)CC2)c2ccccc21. The Kier molecular flexibility index (Phi) is 13.1. The number of halogens is 1. The highest BCUT2D eigenvalue weighted by atomic mass is 19.1. The van der Waals surface area contributed by atoms with Crippen LogP contribution in [0.15, 0.2) is 95.7 Å². The molecule has 59 heavy (non-hydrogen) atoms. The van der Waals surface area contributed by atoms with Crippen molar-refractivity contribution in [3.8, 4) is 0 Å². The highest BCUT2D eigenvalue weighted by molar-refractivity contribution is 6.01. The molecule has 2 aliphatic heterocycles. The normalized spacial score (nSPS) is 16.1. The Morgan fingerprint density at radius 2 is 1.29 bits per heavy atom. The van der Waals surface area contributed by atoms with E-state index < -0.39 is 11.9 Å². The second-order valence-electron chi connectivity index (χ2n) is 16.9. The maximum absolute atomic E-state index is 14.2. The fourth-order valence-corrected chi connectivity index (χ4v) is 9.50. The molecule has 310 valence electrons. The molecule has 5 heterocycles. The van der Waals surface area contributed by atoms with Gasteiger partial charge in [0.05, 0.1) is 17.6 Å². The van der Waals surface area contributed by atoms with Crippen LogP contribution in [0.4, 0.5) is 4.39 Å². The molecule has 0 unspecified atom stereocenters. The molecule has 0 saturated carbocycles. The number of furan rings is 1. The minimum atomic E-state index is -0.786. The maximum Gasteiger partial charge on any atom is 0.382 e. The molecular formula is C50H59FN4O4. The van der Waals surface area contributed by atoms with Gasteiger partial charge in [0, 0.05) is 48.3 Å². The number of unbranched alkanes of at least 4 members (excludes halogenated alkanes) is 4. The van der Waals surface area contributed by atoms with Crippen LogP contribution in [-0.4, -0.2) is 57.1 Å². The van der Waals surface area contributed by atoms with Gasteiger partial charge in [0.25, 0.3) is 0 Å². The number of hydrogen-bond acceptors (Lipinski definition) is 6. The van der Waals surface area contributed by atoms with Crippen LogP contribution in [0.25, 0.3) is 21.8 Å². The summed E-state index contributed by atoms with van der Waals surface area (Å²) in [5, 5.41) is 2.54. The van der Waals surface area contributed by atoms with Gasteiger partial charge in [-0.1, -0.05) is 69.9 Å². The summed E-state index contributed by atoms with van der Waals surface area (Å²) < 4.78 is 30.1. The van der Waals surface area contributed by atoms with Crippen molar-refractivity contribution >= 4 is 33.7 Å². The molecule has 0 amide bonds. The van der Waals surface area contributed by atoms with E-state index in [1.165, 1.54) is 41.3 Å². The van der Waals surface area contributed by atoms with Crippen LogP contribution < -0.4 is 0 Å². The van der Waals surface area contributed by atoms with Crippen molar-refractivity contribution in [1.29, 1.82) is 0 Å². The number of para-hydroxylation sites is 1. The summed E-state index contributed by atoms with van der Waals surface area (Å²) >= 11 is 0. The third-order valence-corrected chi connectivity index (χ3v) is 12.8. The summed E-state index contributed by atoms with van der Waals surface area (Å²) in [4.78, 5) is 31.0. The van der Waals surface area contributed by atoms with E-state index in [2.05, 4.69) is 69.4 Å². The number of esters is 2. The van der Waals surface area contributed by atoms with E-state index in [9.17, 15) is 14.0 Å². The molecule has 9 heteroatoms. The second kappa shape index (κ2) is 18.9. The first-order valence-electron chi connectivity index (χ1n) is 22.1. The van der Waals surface area contributed by atoms with E-state index in [1.807, 2.05) is 24.3 Å². The fraction of sp³-hybridized carbons (Fsp3) is 0.440. The summed E-state index contributed by atoms with van der Waals surface area (Å²) in [7, 11) is 0. The van der Waals surface area contributed by atoms with Crippen LogP contribution in [0.2, 0.25) is 0 Å². The lowest BCUT2D eigenvalue weighted by molar-refractivity contribution is 0.0372. The van der Waals surface area contributed by atoms with Crippen molar-refractivity contribution in [3.63, 3.8) is 0 Å². The molecule has 8 rings (SSSR count). The molecule has 0 atom stereocenters. The topological polar surface area (TPSA) is 72.8 Å². The second-order valence-corrected chi connectivity index (χ2v) is 16.9. The van der Waals surface area contributed by atoms with Crippen molar-refractivity contribution in [1.82, 2.24) is 18.9 Å². The average molecular weight is 799 g/mol. The van der Waals surface area contributed by atoms with E-state index in [4.69, 9.17) is 9.15 Å². The molecule has 0 N–H and O–H groups in total. The fourth-order valence-electron chi connectivity index (χ4n) is 9.50. The van der Waals surface area contributed by atoms with Gasteiger partial charge in [-0.25, -0.2) is 14.0 Å². The number of aromatic nitrogens is 2. The Morgan fingerprint density at radius 3 is 1.97 bits per heavy atom. The van der Waals surface area contributed by atoms with Gasteiger partial charge in [-0.05, 0) is 142 Å². The van der Waals surface area contributed by atoms with Crippen molar-refractivity contribution in [2.75, 3.05) is 26.2 Å². The predicted octanol–water partition coefficient (Wildman–Crippen LogP) is 11.5. The van der Waals surface area contributed by atoms with Gasteiger partial charge in [0.15, 0.2) is 0 Å². The first kappa shape index (κ1) is 40.8. The molecule has 6 aromatic rings. The number of nitrogens with zero attached hydrogens (tertiary/aromatic N) is 4. The summed E-state index contributed by atoms with van der Waals surface area (Å²) in [5.74, 6) is -0.0464. The van der Waals surface area contributed by atoms with Crippen LogP contribution in [-0.2, 0) is 30.9 Å². The minimum absolute atomic E-state index is 0.0226. The Balaban J connectivity index is 0.812. The number of ether oxygens (including phenoxy) is 1. The molecule has 0 aliphatic carbocycles. The van der Waals surface area contributed by atoms with Crippen molar-refractivity contribution in [2.45, 2.75) is 116 Å². The van der Waals surface area contributed by atoms with Crippen LogP contribution >= 0.6 is 0 Å². The van der Waals surface area contributed by atoms with Gasteiger partial charge in [0.1, 0.15) is 11.6 Å². The van der Waals surface area contributed by atoms with Crippen molar-refractivity contribution < 1.29 is 23.1 Å². The zero-order valence-electron chi connectivity index (χ0n) is 34.8. The van der Waals surface area contributed by atoms with E-state index in [0.29, 0.717) is 29.7 Å². The lowest BCUT2D eigenvalue weighted by Gasteiger charge is -2.32. The summed E-state index contributed by atoms with van der Waals surface area (Å²) in [6.07, 6.45) is 15.9. The molecule has 2 saturated heterocycles. The quantitative estimate of drug-likeness (QED) is 0.0552. The van der Waals surface area contributed by atoms with Crippen LogP contribution in [0.5, 0.6) is 0 Å². The number of aryl methyl sites for hydroxylation is 2. The molecule has 2 fully saturated rings. The zero-order valence-corrected chi connectivity index (χ0v) is 34.8. The summed E-state index contributed by atoms with van der Waals surface area (Å²) in [5.41, 5.74) is 6.49. The Morgan fingerprint density at radius 1 is 0.661 bits per heavy atom. The van der Waals surface area contributed by atoms with Crippen LogP contribution in [0, 0.1) is 5.82 Å². The Bertz CT molecular complexity index is 2360. The van der Waals surface area contributed by atoms with Gasteiger partial charge in [0.2, 0.25) is 5.76 Å². The highest BCUT2D eigenvalue weighted by Gasteiger charge is 2.27. The van der Waals surface area contributed by atoms with Gasteiger partial charge in [-0.2, -0.15) is 0 Å². The molecule has 0 radical (unpaired) electrons. The van der Waals surface area contributed by atoms with Gasteiger partial charge < -0.3 is 18.3 Å². The third-order valence-electron chi connectivity index (χ3n) is 12.8. The number of benzene rings is 3. The maximum atomic E-state index is 14.2. The first-order chi connectivity index (χ1) is 28.9. The number of piperidine rings is 2. The summed E-state index contributed by atoms with van der Waals surface area (Å²) in [6, 6.07) is 24.8. The molecule has 0 spiro atoms. The largest absolute Gasteiger partial charge is 0.453 e. The average Bonchev–Trinajstić information content (AvgIpc) is 3.98. The van der Waals surface area contributed by atoms with Gasteiger partial charge >= 0.3 is 11.9 Å². The molecule has 8 nitrogen and oxygen atoms in total. The van der Waals surface area contributed by atoms with E-state index in [-0.39, 0.29) is 11.6 Å². The molecular weight excluding hydrogens is 740 g/mol. The minimum Gasteiger partial charge on any atom is -0.453 e. The predicted molar refractivity (Wildman–Crippen MR) is 232 cm³/mol. The number of rotatable bonds is 16. The number of carbonyl (C=O) groups excluding carboxylic acids is 2. The third kappa shape index (κ3) is 9.58. The smallest absolute Gasteiger partial charge is 0.382 e. The standard InChI is InChI=1S/C50H59FN4O4/c1-3-5-9-24-54-34-44(42-14-7-8-15-46(42)54)37-20-26-52(27-21-37)32-36-12-11-13-39(30-36)49(56)59-50(57)48-19-17-41(58-48)33-53-28-22-38(23-29-53)45-35-55(25-10-6-4-2)47-31-40(51)16-18-43(45)47/h7-8,11-19,30-31,34-35,37-38H,3-6,9-10,20-29,32-33H2,1-2H3. The Labute approximate surface area is 347 Å². The monoisotopic (exact) mass is 798 g/mol. The zero-order chi connectivity index (χ0) is 40.7. The molecule has 0 bridgehead atoms. The number of carbonyl (C=O) groups is 2. The highest BCUT2D eigenvalue weighted by Crippen LogP contribution is 2.37.